The Hall–Kier alpha value is -0.990. The van der Waals surface area contributed by atoms with E-state index in [1.165, 1.54) is 32.1 Å². The Morgan fingerprint density at radius 1 is 1.24 bits per heavy atom. The molecule has 1 saturated carbocycles. The second-order valence-corrected chi connectivity index (χ2v) is 7.41. The molecule has 2 aromatic rings. The van der Waals surface area contributed by atoms with Crippen LogP contribution in [0, 0.1) is 11.3 Å². The number of benzene rings is 1. The highest BCUT2D eigenvalue weighted by molar-refractivity contribution is 6.31. The van der Waals surface area contributed by atoms with E-state index in [0.29, 0.717) is 5.92 Å². The van der Waals surface area contributed by atoms with E-state index in [0.717, 1.165) is 21.8 Å². The summed E-state index contributed by atoms with van der Waals surface area (Å²) < 4.78 is 6.02. The Labute approximate surface area is 131 Å². The van der Waals surface area contributed by atoms with E-state index in [9.17, 15) is 0 Å². The average molecular weight is 306 g/mol. The molecule has 1 aromatic carbocycles. The van der Waals surface area contributed by atoms with Crippen LogP contribution in [-0.4, -0.2) is 0 Å². The van der Waals surface area contributed by atoms with Gasteiger partial charge in [0, 0.05) is 10.4 Å². The Balaban J connectivity index is 1.95. The maximum Gasteiger partial charge on any atom is 0.134 e. The van der Waals surface area contributed by atoms with Gasteiger partial charge in [-0.1, -0.05) is 38.3 Å². The van der Waals surface area contributed by atoms with E-state index in [1.807, 2.05) is 18.2 Å². The van der Waals surface area contributed by atoms with E-state index in [-0.39, 0.29) is 11.5 Å². The Morgan fingerprint density at radius 2 is 1.95 bits per heavy atom. The van der Waals surface area contributed by atoms with E-state index in [2.05, 4.69) is 19.9 Å². The van der Waals surface area contributed by atoms with Gasteiger partial charge in [-0.15, -0.1) is 0 Å². The Kier molecular flexibility index (Phi) is 4.02. The maximum absolute atomic E-state index is 6.66. The summed E-state index contributed by atoms with van der Waals surface area (Å²) in [5.41, 5.74) is 7.74. The number of hydrogen-bond donors (Lipinski definition) is 1. The van der Waals surface area contributed by atoms with E-state index >= 15 is 0 Å². The van der Waals surface area contributed by atoms with Gasteiger partial charge in [-0.25, -0.2) is 0 Å². The molecule has 1 aliphatic rings. The first-order chi connectivity index (χ1) is 10.00. The minimum Gasteiger partial charge on any atom is -0.459 e. The van der Waals surface area contributed by atoms with Crippen LogP contribution in [0.15, 0.2) is 28.7 Å². The number of halogens is 1. The van der Waals surface area contributed by atoms with Crippen molar-refractivity contribution in [3.05, 3.63) is 35.0 Å². The summed E-state index contributed by atoms with van der Waals surface area (Å²) in [6.45, 7) is 4.57. The highest BCUT2D eigenvalue weighted by Gasteiger charge is 2.41. The molecule has 1 unspecified atom stereocenters. The lowest BCUT2D eigenvalue weighted by Crippen LogP contribution is -2.33. The summed E-state index contributed by atoms with van der Waals surface area (Å²) in [7, 11) is 0. The molecular weight excluding hydrogens is 282 g/mol. The second kappa shape index (κ2) is 5.66. The van der Waals surface area contributed by atoms with Crippen molar-refractivity contribution in [1.82, 2.24) is 0 Å². The third-order valence-corrected chi connectivity index (χ3v) is 5.11. The Morgan fingerprint density at radius 3 is 2.62 bits per heavy atom. The van der Waals surface area contributed by atoms with Crippen LogP contribution in [-0.2, 0) is 0 Å². The first-order valence-corrected chi connectivity index (χ1v) is 8.32. The number of hydrogen-bond acceptors (Lipinski definition) is 2. The highest BCUT2D eigenvalue weighted by atomic mass is 35.5. The van der Waals surface area contributed by atoms with Crippen LogP contribution in [0.3, 0.4) is 0 Å². The lowest BCUT2D eigenvalue weighted by Gasteiger charge is -2.35. The van der Waals surface area contributed by atoms with Crippen molar-refractivity contribution in [2.45, 2.75) is 52.0 Å². The first-order valence-electron chi connectivity index (χ1n) is 7.95. The lowest BCUT2D eigenvalue weighted by molar-refractivity contribution is 0.168. The van der Waals surface area contributed by atoms with Crippen LogP contribution >= 0.6 is 11.6 Å². The van der Waals surface area contributed by atoms with Crippen LogP contribution in [0.4, 0.5) is 0 Å². The van der Waals surface area contributed by atoms with Gasteiger partial charge in [-0.2, -0.15) is 0 Å². The van der Waals surface area contributed by atoms with Gasteiger partial charge in [0.1, 0.15) is 11.3 Å². The number of nitrogens with two attached hydrogens (primary N) is 1. The standard InChI is InChI=1S/C18H24ClNO/c1-12(2)11-18(7-3-4-8-18)17(20)16-10-13-9-14(19)5-6-15(13)21-16/h5-6,9-10,12,17H,3-4,7-8,11,20H2,1-2H3. The van der Waals surface area contributed by atoms with E-state index < -0.39 is 0 Å². The van der Waals surface area contributed by atoms with Gasteiger partial charge in [-0.3, -0.25) is 0 Å². The van der Waals surface area contributed by atoms with Crippen molar-refractivity contribution in [3.8, 4) is 0 Å². The van der Waals surface area contributed by atoms with Crippen LogP contribution in [0.2, 0.25) is 5.02 Å². The van der Waals surface area contributed by atoms with Crippen molar-refractivity contribution in [2.75, 3.05) is 0 Å². The highest BCUT2D eigenvalue weighted by Crippen LogP contribution is 2.51. The molecule has 0 aliphatic heterocycles. The molecule has 1 aliphatic carbocycles. The lowest BCUT2D eigenvalue weighted by atomic mass is 9.72. The molecule has 2 N–H and O–H groups in total. The predicted molar refractivity (Wildman–Crippen MR) is 88.5 cm³/mol. The zero-order chi connectivity index (χ0) is 15.0. The van der Waals surface area contributed by atoms with E-state index in [4.69, 9.17) is 21.8 Å². The first kappa shape index (κ1) is 14.9. The molecule has 0 amide bonds. The molecule has 1 heterocycles. The minimum atomic E-state index is -0.0198. The van der Waals surface area contributed by atoms with Gasteiger partial charge >= 0.3 is 0 Å². The Bertz CT molecular complexity index is 625. The molecule has 0 saturated heterocycles. The van der Waals surface area contributed by atoms with Gasteiger partial charge in [0.25, 0.3) is 0 Å². The number of furan rings is 1. The third-order valence-electron chi connectivity index (χ3n) is 4.88. The molecule has 0 radical (unpaired) electrons. The average Bonchev–Trinajstić information content (AvgIpc) is 3.04. The van der Waals surface area contributed by atoms with Crippen LogP contribution < -0.4 is 5.73 Å². The van der Waals surface area contributed by atoms with Gasteiger partial charge in [0.05, 0.1) is 6.04 Å². The molecule has 1 fully saturated rings. The normalized spacial score (nSPS) is 19.5. The quantitative estimate of drug-likeness (QED) is 0.787. The largest absolute Gasteiger partial charge is 0.459 e. The molecule has 1 aromatic heterocycles. The third kappa shape index (κ3) is 2.84. The smallest absolute Gasteiger partial charge is 0.134 e. The summed E-state index contributed by atoms with van der Waals surface area (Å²) in [6.07, 6.45) is 6.17. The summed E-state index contributed by atoms with van der Waals surface area (Å²) >= 11 is 6.06. The van der Waals surface area contributed by atoms with Crippen molar-refractivity contribution in [2.24, 2.45) is 17.1 Å². The zero-order valence-electron chi connectivity index (χ0n) is 12.9. The maximum atomic E-state index is 6.66. The fourth-order valence-electron chi connectivity index (χ4n) is 4.02. The van der Waals surface area contributed by atoms with Crippen molar-refractivity contribution >= 4 is 22.6 Å². The molecule has 3 heteroatoms. The molecule has 1 atom stereocenters. The van der Waals surface area contributed by atoms with Crippen molar-refractivity contribution in [1.29, 1.82) is 0 Å². The van der Waals surface area contributed by atoms with Gasteiger partial charge in [0.2, 0.25) is 0 Å². The van der Waals surface area contributed by atoms with Crippen LogP contribution in [0.1, 0.15) is 57.8 Å². The van der Waals surface area contributed by atoms with Gasteiger partial charge < -0.3 is 10.2 Å². The number of fused-ring (bicyclic) bond motifs is 1. The topological polar surface area (TPSA) is 39.2 Å². The van der Waals surface area contributed by atoms with Gasteiger partial charge in [-0.05, 0) is 54.9 Å². The predicted octanol–water partition coefficient (Wildman–Crippen LogP) is 5.69. The summed E-state index contributed by atoms with van der Waals surface area (Å²) in [5.74, 6) is 1.57. The van der Waals surface area contributed by atoms with Crippen LogP contribution in [0.5, 0.6) is 0 Å². The molecule has 0 spiro atoms. The molecular formula is C18H24ClNO. The molecule has 21 heavy (non-hydrogen) atoms. The fourth-order valence-corrected chi connectivity index (χ4v) is 4.20. The SMILES string of the molecule is CC(C)CC1(C(N)c2cc3cc(Cl)ccc3o2)CCCC1. The summed E-state index contributed by atoms with van der Waals surface area (Å²) in [4.78, 5) is 0. The monoisotopic (exact) mass is 305 g/mol. The minimum absolute atomic E-state index is 0.0198. The molecule has 3 rings (SSSR count). The van der Waals surface area contributed by atoms with Crippen LogP contribution in [0.25, 0.3) is 11.0 Å². The summed E-state index contributed by atoms with van der Waals surface area (Å²) in [6, 6.07) is 7.79. The fraction of sp³-hybridized carbons (Fsp3) is 0.556. The van der Waals surface area contributed by atoms with Crippen molar-refractivity contribution in [3.63, 3.8) is 0 Å². The molecule has 2 nitrogen and oxygen atoms in total. The molecule has 0 bridgehead atoms. The summed E-state index contributed by atoms with van der Waals surface area (Å²) in [5, 5.41) is 1.78. The zero-order valence-corrected chi connectivity index (χ0v) is 13.6. The van der Waals surface area contributed by atoms with E-state index in [1.54, 1.807) is 0 Å². The van der Waals surface area contributed by atoms with Gasteiger partial charge in [0.15, 0.2) is 0 Å². The second-order valence-electron chi connectivity index (χ2n) is 6.98. The van der Waals surface area contributed by atoms with Crippen molar-refractivity contribution < 1.29 is 4.42 Å². The molecule has 114 valence electrons. The number of rotatable bonds is 4.